The summed E-state index contributed by atoms with van der Waals surface area (Å²) in [4.78, 5) is 30.5. The summed E-state index contributed by atoms with van der Waals surface area (Å²) in [5.41, 5.74) is 5.69. The van der Waals surface area contributed by atoms with Gasteiger partial charge >= 0.3 is 12.0 Å². The van der Waals surface area contributed by atoms with E-state index in [1.165, 1.54) is 18.2 Å². The maximum absolute atomic E-state index is 13.1. The van der Waals surface area contributed by atoms with Crippen molar-refractivity contribution in [2.75, 3.05) is 50.1 Å². The van der Waals surface area contributed by atoms with Crippen LogP contribution in [-0.4, -0.2) is 57.2 Å². The molecule has 0 unspecified atom stereocenters. The molecule has 2 aromatic carbocycles. The van der Waals surface area contributed by atoms with E-state index >= 15 is 0 Å². The predicted molar refractivity (Wildman–Crippen MR) is 125 cm³/mol. The van der Waals surface area contributed by atoms with E-state index in [0.717, 1.165) is 42.9 Å². The molecule has 2 aliphatic rings. The fourth-order valence-corrected chi connectivity index (χ4v) is 4.20. The molecule has 2 amide bonds. The van der Waals surface area contributed by atoms with Crippen LogP contribution in [0.15, 0.2) is 42.5 Å². The van der Waals surface area contributed by atoms with Crippen LogP contribution in [0.3, 0.4) is 0 Å². The second-order valence-electron chi connectivity index (χ2n) is 8.08. The Balaban J connectivity index is 0.00000272. The molecule has 7 heteroatoms. The fourth-order valence-electron chi connectivity index (χ4n) is 4.20. The monoisotopic (exact) mass is 443 g/mol. The minimum atomic E-state index is -0.211. The highest BCUT2D eigenvalue weighted by Crippen LogP contribution is 2.28. The third-order valence-corrected chi connectivity index (χ3v) is 6.13. The van der Waals surface area contributed by atoms with Gasteiger partial charge in [-0.3, -0.25) is 14.6 Å². The number of urea groups is 1. The minimum Gasteiger partial charge on any atom is -0.469 e. The number of esters is 1. The van der Waals surface area contributed by atoms with Gasteiger partial charge in [0.2, 0.25) is 0 Å². The molecule has 0 N–H and O–H groups in total. The van der Waals surface area contributed by atoms with E-state index in [2.05, 4.69) is 30.1 Å². The molecule has 2 aromatic rings. The summed E-state index contributed by atoms with van der Waals surface area (Å²) in [6.07, 6.45) is 3.09. The smallest absolute Gasteiger partial charge is 0.329 e. The van der Waals surface area contributed by atoms with E-state index in [-0.39, 0.29) is 24.4 Å². The van der Waals surface area contributed by atoms with Crippen molar-refractivity contribution in [3.05, 3.63) is 59.2 Å². The molecular weight excluding hydrogens is 414 g/mol. The molecule has 2 aliphatic heterocycles. The molecule has 2 heterocycles. The summed E-state index contributed by atoms with van der Waals surface area (Å²) in [5.74, 6) is -0.211. The summed E-state index contributed by atoms with van der Waals surface area (Å²) < 4.78 is 4.69. The van der Waals surface area contributed by atoms with Gasteiger partial charge < -0.3 is 9.64 Å². The van der Waals surface area contributed by atoms with Crippen LogP contribution >= 0.6 is 12.4 Å². The number of halogens is 1. The Kier molecular flexibility index (Phi) is 7.57. The fraction of sp³-hybridized carbons (Fsp3) is 0.417. The van der Waals surface area contributed by atoms with Gasteiger partial charge in [-0.2, -0.15) is 0 Å². The van der Waals surface area contributed by atoms with Crippen LogP contribution in [-0.2, 0) is 28.8 Å². The first kappa shape index (κ1) is 23.1. The van der Waals surface area contributed by atoms with Crippen molar-refractivity contribution in [1.29, 1.82) is 0 Å². The number of methoxy groups -OCH3 is 1. The molecule has 0 saturated carbocycles. The van der Waals surface area contributed by atoms with Gasteiger partial charge in [0.05, 0.1) is 7.11 Å². The lowest BCUT2D eigenvalue weighted by molar-refractivity contribution is -0.140. The number of nitrogens with zero attached hydrogens (tertiary/aromatic N) is 3. The second kappa shape index (κ2) is 10.2. The molecule has 0 atom stereocenters. The average molecular weight is 444 g/mol. The Labute approximate surface area is 190 Å². The van der Waals surface area contributed by atoms with Crippen LogP contribution in [0.4, 0.5) is 16.2 Å². The molecule has 31 heavy (non-hydrogen) atoms. The van der Waals surface area contributed by atoms with Gasteiger partial charge in [-0.05, 0) is 67.3 Å². The third-order valence-electron chi connectivity index (χ3n) is 6.13. The standard InChI is InChI=1S/C24H29N3O3.ClH/c1-25-13-11-19-6-9-22(17-20(19)12-14-25)27-16-15-26(24(27)29)21-7-3-18(4-8-21)5-10-23(28)30-2;/h3-4,6-9,17H,5,10-16H2,1-2H3;1H. The van der Waals surface area contributed by atoms with Crippen LogP contribution in [0, 0.1) is 0 Å². The first-order chi connectivity index (χ1) is 14.5. The Bertz CT molecular complexity index is 932. The molecule has 1 fully saturated rings. The molecule has 1 saturated heterocycles. The molecule has 0 spiro atoms. The first-order valence-electron chi connectivity index (χ1n) is 10.6. The van der Waals surface area contributed by atoms with E-state index in [4.69, 9.17) is 4.74 Å². The van der Waals surface area contributed by atoms with Gasteiger partial charge in [-0.1, -0.05) is 18.2 Å². The molecule has 0 aromatic heterocycles. The van der Waals surface area contributed by atoms with Crippen molar-refractivity contribution >= 4 is 35.8 Å². The summed E-state index contributed by atoms with van der Waals surface area (Å²) >= 11 is 0. The Morgan fingerprint density at radius 2 is 1.52 bits per heavy atom. The van der Waals surface area contributed by atoms with E-state index < -0.39 is 0 Å². The first-order valence-corrected chi connectivity index (χ1v) is 10.6. The number of hydrogen-bond donors (Lipinski definition) is 0. The third kappa shape index (κ3) is 5.20. The molecule has 0 bridgehead atoms. The van der Waals surface area contributed by atoms with Gasteiger partial charge in [0.25, 0.3) is 0 Å². The van der Waals surface area contributed by atoms with Crippen LogP contribution in [0.5, 0.6) is 0 Å². The zero-order valence-corrected chi connectivity index (χ0v) is 19.0. The average Bonchev–Trinajstić information content (AvgIpc) is 3.05. The van der Waals surface area contributed by atoms with Gasteiger partial charge in [0.15, 0.2) is 0 Å². The largest absolute Gasteiger partial charge is 0.469 e. The maximum Gasteiger partial charge on any atom is 0.329 e. The molecule has 4 rings (SSSR count). The number of carbonyl (C=O) groups is 2. The van der Waals surface area contributed by atoms with E-state index in [1.807, 2.05) is 34.1 Å². The molecule has 0 radical (unpaired) electrons. The number of rotatable bonds is 5. The number of likely N-dealkylation sites (N-methyl/N-ethyl adjacent to an activating group) is 1. The van der Waals surface area contributed by atoms with Crippen molar-refractivity contribution in [2.24, 2.45) is 0 Å². The predicted octanol–water partition coefficient (Wildman–Crippen LogP) is 3.69. The lowest BCUT2D eigenvalue weighted by atomic mass is 10.0. The quantitative estimate of drug-likeness (QED) is 0.661. The molecular formula is C24H30ClN3O3. The lowest BCUT2D eigenvalue weighted by Crippen LogP contribution is -2.31. The molecule has 0 aliphatic carbocycles. The lowest BCUT2D eigenvalue weighted by Gasteiger charge is -2.20. The van der Waals surface area contributed by atoms with Crippen molar-refractivity contribution in [1.82, 2.24) is 4.90 Å². The second-order valence-corrected chi connectivity index (χ2v) is 8.08. The maximum atomic E-state index is 13.1. The highest BCUT2D eigenvalue weighted by molar-refractivity contribution is 6.06. The van der Waals surface area contributed by atoms with Crippen LogP contribution in [0.2, 0.25) is 0 Å². The number of carbonyl (C=O) groups excluding carboxylic acids is 2. The Morgan fingerprint density at radius 1 is 0.903 bits per heavy atom. The van der Waals surface area contributed by atoms with Crippen molar-refractivity contribution in [3.8, 4) is 0 Å². The van der Waals surface area contributed by atoms with Crippen LogP contribution in [0.25, 0.3) is 0 Å². The van der Waals surface area contributed by atoms with Gasteiger partial charge in [0.1, 0.15) is 0 Å². The number of ether oxygens (including phenoxy) is 1. The van der Waals surface area contributed by atoms with Crippen LogP contribution in [0.1, 0.15) is 23.1 Å². The topological polar surface area (TPSA) is 53.1 Å². The molecule has 6 nitrogen and oxygen atoms in total. The van der Waals surface area contributed by atoms with Crippen molar-refractivity contribution in [3.63, 3.8) is 0 Å². The number of anilines is 2. The van der Waals surface area contributed by atoms with Crippen molar-refractivity contribution in [2.45, 2.75) is 25.7 Å². The highest BCUT2D eigenvalue weighted by atomic mass is 35.5. The Hall–Kier alpha value is -2.57. The summed E-state index contributed by atoms with van der Waals surface area (Å²) in [5, 5.41) is 0. The number of aryl methyl sites for hydroxylation is 1. The summed E-state index contributed by atoms with van der Waals surface area (Å²) in [7, 11) is 3.56. The van der Waals surface area contributed by atoms with Crippen LogP contribution < -0.4 is 9.80 Å². The number of benzene rings is 2. The number of amides is 2. The number of hydrogen-bond acceptors (Lipinski definition) is 4. The highest BCUT2D eigenvalue weighted by Gasteiger charge is 2.31. The normalized spacial score (nSPS) is 16.5. The number of fused-ring (bicyclic) bond motifs is 1. The van der Waals surface area contributed by atoms with E-state index in [0.29, 0.717) is 25.9 Å². The van der Waals surface area contributed by atoms with E-state index in [9.17, 15) is 9.59 Å². The Morgan fingerprint density at radius 3 is 2.19 bits per heavy atom. The zero-order chi connectivity index (χ0) is 21.1. The van der Waals surface area contributed by atoms with E-state index in [1.54, 1.807) is 0 Å². The zero-order valence-electron chi connectivity index (χ0n) is 18.2. The van der Waals surface area contributed by atoms with Gasteiger partial charge in [0, 0.05) is 44.0 Å². The SMILES string of the molecule is COC(=O)CCc1ccc(N2CCN(c3ccc4c(c3)CCN(C)CC4)C2=O)cc1.Cl. The summed E-state index contributed by atoms with van der Waals surface area (Å²) in [6.45, 7) is 3.49. The van der Waals surface area contributed by atoms with Gasteiger partial charge in [-0.15, -0.1) is 12.4 Å². The molecule has 166 valence electrons. The van der Waals surface area contributed by atoms with Gasteiger partial charge in [-0.25, -0.2) is 4.79 Å². The summed E-state index contributed by atoms with van der Waals surface area (Å²) in [6, 6.07) is 14.4. The van der Waals surface area contributed by atoms with Crippen molar-refractivity contribution < 1.29 is 14.3 Å². The minimum absolute atomic E-state index is 0.